The van der Waals surface area contributed by atoms with Crippen LogP contribution in [0.1, 0.15) is 37.3 Å². The Labute approximate surface area is 186 Å². The third-order valence-corrected chi connectivity index (χ3v) is 4.86. The fourth-order valence-corrected chi connectivity index (χ4v) is 3.34. The van der Waals surface area contributed by atoms with Crippen molar-refractivity contribution in [2.24, 2.45) is 11.1 Å². The molecule has 2 atom stereocenters. The first-order valence-corrected chi connectivity index (χ1v) is 10.7. The van der Waals surface area contributed by atoms with Gasteiger partial charge in [0.2, 0.25) is 6.29 Å². The maximum Gasteiger partial charge on any atom is 0.307 e. The average molecular weight is 450 g/mol. The zero-order valence-corrected chi connectivity index (χ0v) is 18.2. The van der Waals surface area contributed by atoms with Crippen LogP contribution in [0.4, 0.5) is 0 Å². The van der Waals surface area contributed by atoms with Crippen molar-refractivity contribution in [2.45, 2.75) is 38.9 Å². The Morgan fingerprint density at radius 1 is 1.10 bits per heavy atom. The number of oxime groups is 1. The lowest BCUT2D eigenvalue weighted by Gasteiger charge is -2.21. The smallest absolute Gasteiger partial charge is 0.307 e. The monoisotopic (exact) mass is 449 g/mol. The Hall–Kier alpha value is -2.77. The third-order valence-electron chi connectivity index (χ3n) is 4.64. The van der Waals surface area contributed by atoms with Crippen LogP contribution in [0.25, 0.3) is 0 Å². The first kappa shape index (κ1) is 24.5. The summed E-state index contributed by atoms with van der Waals surface area (Å²) in [5, 5.41) is 31.4. The number of aliphatic carboxylic acids is 1. The van der Waals surface area contributed by atoms with Gasteiger partial charge in [-0.3, -0.25) is 4.79 Å². The molecule has 3 N–H and O–H groups in total. The summed E-state index contributed by atoms with van der Waals surface area (Å²) in [7, 11) is 0. The van der Waals surface area contributed by atoms with Crippen molar-refractivity contribution in [3.8, 4) is 11.5 Å². The molecule has 0 amide bonds. The van der Waals surface area contributed by atoms with Gasteiger partial charge in [0.1, 0.15) is 11.5 Å². The van der Waals surface area contributed by atoms with Crippen molar-refractivity contribution in [1.29, 1.82) is 0 Å². The van der Waals surface area contributed by atoms with E-state index >= 15 is 0 Å². The number of benzene rings is 2. The lowest BCUT2D eigenvalue weighted by molar-refractivity contribution is -0.136. The molecule has 0 bridgehead atoms. The molecule has 0 spiro atoms. The molecule has 0 radical (unpaired) electrons. The molecule has 8 heteroatoms. The summed E-state index contributed by atoms with van der Waals surface area (Å²) >= 11 is 5.91. The van der Waals surface area contributed by atoms with Crippen molar-refractivity contribution in [2.75, 3.05) is 12.5 Å². The van der Waals surface area contributed by atoms with Gasteiger partial charge in [-0.15, -0.1) is 11.6 Å². The number of halogens is 1. The molecule has 0 aliphatic rings. The lowest BCUT2D eigenvalue weighted by atomic mass is 9.93. The van der Waals surface area contributed by atoms with Crippen LogP contribution in [0.3, 0.4) is 0 Å². The summed E-state index contributed by atoms with van der Waals surface area (Å²) in [4.78, 5) is 10.8. The van der Waals surface area contributed by atoms with Crippen molar-refractivity contribution in [3.63, 3.8) is 0 Å². The van der Waals surface area contributed by atoms with Gasteiger partial charge in [-0.25, -0.2) is 0 Å². The molecule has 0 saturated heterocycles. The molecule has 7 nitrogen and oxygen atoms in total. The molecule has 31 heavy (non-hydrogen) atoms. The van der Waals surface area contributed by atoms with Gasteiger partial charge in [0.05, 0.1) is 18.7 Å². The van der Waals surface area contributed by atoms with Gasteiger partial charge >= 0.3 is 5.97 Å². The Morgan fingerprint density at radius 3 is 2.39 bits per heavy atom. The van der Waals surface area contributed by atoms with Gasteiger partial charge in [0.25, 0.3) is 0 Å². The van der Waals surface area contributed by atoms with E-state index < -0.39 is 12.3 Å². The lowest BCUT2D eigenvalue weighted by Crippen LogP contribution is -2.25. The molecule has 2 rings (SSSR count). The highest BCUT2D eigenvalue weighted by atomic mass is 35.5. The maximum absolute atomic E-state index is 10.8. The second-order valence-corrected chi connectivity index (χ2v) is 7.42. The van der Waals surface area contributed by atoms with Crippen LogP contribution in [-0.4, -0.2) is 45.9 Å². The van der Waals surface area contributed by atoms with E-state index in [4.69, 9.17) is 26.2 Å². The first-order valence-electron chi connectivity index (χ1n) is 10.1. The Morgan fingerprint density at radius 2 is 1.81 bits per heavy atom. The van der Waals surface area contributed by atoms with Crippen molar-refractivity contribution in [3.05, 3.63) is 59.7 Å². The third kappa shape index (κ3) is 7.77. The predicted molar refractivity (Wildman–Crippen MR) is 118 cm³/mol. The highest BCUT2D eigenvalue weighted by Gasteiger charge is 2.19. The van der Waals surface area contributed by atoms with Crippen molar-refractivity contribution >= 4 is 23.3 Å². The van der Waals surface area contributed by atoms with Crippen LogP contribution in [0.15, 0.2) is 53.7 Å². The number of carboxylic acid groups (broad SMARTS) is 1. The van der Waals surface area contributed by atoms with Crippen LogP contribution in [0.5, 0.6) is 11.5 Å². The summed E-state index contributed by atoms with van der Waals surface area (Å²) in [6, 6.07) is 13.8. The summed E-state index contributed by atoms with van der Waals surface area (Å²) in [5.74, 6) is 0.175. The number of hydrogen-bond acceptors (Lipinski definition) is 6. The summed E-state index contributed by atoms with van der Waals surface area (Å²) < 4.78 is 11.8. The number of ether oxygens (including phenoxy) is 2. The fraction of sp³-hybridized carbons (Fsp3) is 0.391. The zero-order chi connectivity index (χ0) is 22.6. The molecule has 168 valence electrons. The van der Waals surface area contributed by atoms with Crippen LogP contribution < -0.4 is 9.47 Å². The van der Waals surface area contributed by atoms with Crippen molar-refractivity contribution < 1.29 is 29.7 Å². The SMILES string of the molecule is CCCC(CO)/C(=N/O)c1cccc(OC(CCCl)Oc2ccc(CC(=O)O)cc2)c1. The van der Waals surface area contributed by atoms with Gasteiger partial charge in [-0.1, -0.05) is 42.8 Å². The average Bonchev–Trinajstić information content (AvgIpc) is 2.75. The van der Waals surface area contributed by atoms with Crippen molar-refractivity contribution in [1.82, 2.24) is 0 Å². The number of alkyl halides is 1. The van der Waals surface area contributed by atoms with Crippen LogP contribution in [-0.2, 0) is 11.2 Å². The number of carboxylic acids is 1. The number of rotatable bonds is 13. The second kappa shape index (κ2) is 12.8. The van der Waals surface area contributed by atoms with Gasteiger partial charge in [-0.05, 0) is 36.2 Å². The van der Waals surface area contributed by atoms with Gasteiger partial charge in [0.15, 0.2) is 0 Å². The van der Waals surface area contributed by atoms with E-state index in [0.717, 1.165) is 6.42 Å². The van der Waals surface area contributed by atoms with E-state index in [1.54, 1.807) is 48.5 Å². The Balaban J connectivity index is 2.14. The number of aliphatic hydroxyl groups excluding tert-OH is 1. The van der Waals surface area contributed by atoms with Gasteiger partial charge < -0.3 is 24.9 Å². The normalized spacial score (nSPS) is 13.5. The number of carbonyl (C=O) groups is 1. The van der Waals surface area contributed by atoms with E-state index in [9.17, 15) is 15.1 Å². The van der Waals surface area contributed by atoms with E-state index in [1.807, 2.05) is 6.92 Å². The molecule has 0 aliphatic heterocycles. The molecule has 0 fully saturated rings. The standard InChI is InChI=1S/C23H28ClNO6/c1-2-4-18(15-26)23(25-29)17-5-3-6-20(14-17)31-22(11-12-24)30-19-9-7-16(8-10-19)13-21(27)28/h3,5-10,14,18,22,26,29H,2,4,11-13,15H2,1H3,(H,27,28)/b25-23+. The highest BCUT2D eigenvalue weighted by Crippen LogP contribution is 2.23. The summed E-state index contributed by atoms with van der Waals surface area (Å²) in [6.07, 6.45) is 1.22. The summed E-state index contributed by atoms with van der Waals surface area (Å²) in [6.45, 7) is 1.88. The van der Waals surface area contributed by atoms with E-state index in [2.05, 4.69) is 5.16 Å². The van der Waals surface area contributed by atoms with Gasteiger partial charge in [0, 0.05) is 23.8 Å². The minimum Gasteiger partial charge on any atom is -0.481 e. The molecule has 2 aromatic rings. The molecule has 0 aliphatic carbocycles. The van der Waals surface area contributed by atoms with Crippen LogP contribution >= 0.6 is 11.6 Å². The Bertz CT molecular complexity index is 855. The van der Waals surface area contributed by atoms with E-state index in [1.165, 1.54) is 0 Å². The molecular weight excluding hydrogens is 422 g/mol. The largest absolute Gasteiger partial charge is 0.481 e. The predicted octanol–water partition coefficient (Wildman–Crippen LogP) is 4.31. The molecule has 2 aromatic carbocycles. The van der Waals surface area contributed by atoms with E-state index in [-0.39, 0.29) is 18.9 Å². The quantitative estimate of drug-likeness (QED) is 0.138. The minimum absolute atomic E-state index is 0.0592. The molecule has 0 saturated carbocycles. The topological polar surface area (TPSA) is 109 Å². The minimum atomic E-state index is -0.898. The second-order valence-electron chi connectivity index (χ2n) is 7.04. The fourth-order valence-electron chi connectivity index (χ4n) is 3.16. The van der Waals surface area contributed by atoms with Crippen LogP contribution in [0, 0.1) is 5.92 Å². The zero-order valence-electron chi connectivity index (χ0n) is 17.4. The Kier molecular flexibility index (Phi) is 10.1. The number of nitrogens with zero attached hydrogens (tertiary/aromatic N) is 1. The highest BCUT2D eigenvalue weighted by molar-refractivity contribution is 6.17. The van der Waals surface area contributed by atoms with Gasteiger partial charge in [-0.2, -0.15) is 0 Å². The molecule has 2 unspecified atom stereocenters. The molecule has 0 heterocycles. The van der Waals surface area contributed by atoms with Crippen LogP contribution in [0.2, 0.25) is 0 Å². The van der Waals surface area contributed by atoms with E-state index in [0.29, 0.717) is 47.1 Å². The number of hydrogen-bond donors (Lipinski definition) is 3. The molecule has 0 aromatic heterocycles. The maximum atomic E-state index is 10.8. The molecular formula is C23H28ClNO6. The number of aliphatic hydroxyl groups is 1. The summed E-state index contributed by atoms with van der Waals surface area (Å²) in [5.41, 5.74) is 1.72. The first-order chi connectivity index (χ1) is 15.0.